The van der Waals surface area contributed by atoms with Crippen LogP contribution in [-0.2, 0) is 0 Å². The zero-order valence-electron chi connectivity index (χ0n) is 8.76. The van der Waals surface area contributed by atoms with Gasteiger partial charge in [0.2, 0.25) is 0 Å². The number of alkyl halides is 6. The van der Waals surface area contributed by atoms with Crippen molar-refractivity contribution in [2.24, 2.45) is 0 Å². The maximum absolute atomic E-state index is 12.3. The van der Waals surface area contributed by atoms with E-state index in [2.05, 4.69) is 0 Å². The molecule has 0 spiro atoms. The fourth-order valence-electron chi connectivity index (χ4n) is 1.13. The van der Waals surface area contributed by atoms with Crippen molar-refractivity contribution in [3.63, 3.8) is 0 Å². The second kappa shape index (κ2) is 4.64. The number of benzene rings is 1. The molecule has 0 aliphatic carbocycles. The highest BCUT2D eigenvalue weighted by Crippen LogP contribution is 2.44. The fourth-order valence-corrected chi connectivity index (χ4v) is 1.13. The molecule has 1 rings (SSSR count). The Balaban J connectivity index is 3.13. The van der Waals surface area contributed by atoms with Crippen LogP contribution in [0.2, 0.25) is 0 Å². The quantitative estimate of drug-likeness (QED) is 0.815. The van der Waals surface area contributed by atoms with Crippen molar-refractivity contribution in [1.82, 2.24) is 0 Å². The van der Waals surface area contributed by atoms with Crippen molar-refractivity contribution in [2.75, 3.05) is 0 Å². The van der Waals surface area contributed by atoms with Crippen LogP contribution in [0.25, 0.3) is 6.08 Å². The van der Waals surface area contributed by atoms with Gasteiger partial charge in [0.25, 0.3) is 5.60 Å². The average Bonchev–Trinajstić information content (AvgIpc) is 2.24. The largest absolute Gasteiger partial charge is 0.430 e. The van der Waals surface area contributed by atoms with Gasteiger partial charge in [-0.1, -0.05) is 36.4 Å². The molecule has 0 amide bonds. The first kappa shape index (κ1) is 14.6. The summed E-state index contributed by atoms with van der Waals surface area (Å²) < 4.78 is 73.7. The van der Waals surface area contributed by atoms with Gasteiger partial charge in [-0.05, 0) is 11.6 Å². The van der Waals surface area contributed by atoms with Crippen LogP contribution in [0.4, 0.5) is 26.3 Å². The summed E-state index contributed by atoms with van der Waals surface area (Å²) in [4.78, 5) is 0. The number of hydrogen-bond donors (Lipinski definition) is 1. The Morgan fingerprint density at radius 2 is 1.28 bits per heavy atom. The summed E-state index contributed by atoms with van der Waals surface area (Å²) in [5.41, 5.74) is -4.74. The van der Waals surface area contributed by atoms with E-state index in [1.54, 1.807) is 6.07 Å². The first-order valence-corrected chi connectivity index (χ1v) is 4.68. The van der Waals surface area contributed by atoms with Gasteiger partial charge in [-0.3, -0.25) is 0 Å². The summed E-state index contributed by atoms with van der Waals surface area (Å²) in [5, 5.41) is 8.81. The molecule has 1 nitrogen and oxygen atoms in total. The van der Waals surface area contributed by atoms with Crippen LogP contribution >= 0.6 is 0 Å². The molecule has 18 heavy (non-hydrogen) atoms. The lowest BCUT2D eigenvalue weighted by Crippen LogP contribution is -2.55. The Labute approximate surface area is 98.4 Å². The molecule has 0 radical (unpaired) electrons. The van der Waals surface area contributed by atoms with E-state index in [0.717, 1.165) is 0 Å². The smallest absolute Gasteiger partial charge is 0.370 e. The van der Waals surface area contributed by atoms with Gasteiger partial charge in [0.15, 0.2) is 0 Å². The predicted molar refractivity (Wildman–Crippen MR) is 52.5 cm³/mol. The van der Waals surface area contributed by atoms with Crippen LogP contribution in [0.5, 0.6) is 0 Å². The van der Waals surface area contributed by atoms with Crippen LogP contribution in [0.3, 0.4) is 0 Å². The van der Waals surface area contributed by atoms with E-state index in [1.165, 1.54) is 24.3 Å². The van der Waals surface area contributed by atoms with Crippen molar-refractivity contribution < 1.29 is 31.4 Å². The van der Waals surface area contributed by atoms with E-state index in [0.29, 0.717) is 6.08 Å². The fraction of sp³-hybridized carbons (Fsp3) is 0.273. The van der Waals surface area contributed by atoms with Crippen LogP contribution in [0, 0.1) is 0 Å². The molecule has 0 bridgehead atoms. The Hall–Kier alpha value is -1.50. The Kier molecular flexibility index (Phi) is 3.75. The average molecular weight is 270 g/mol. The summed E-state index contributed by atoms with van der Waals surface area (Å²) in [6, 6.07) is 7.06. The predicted octanol–water partition coefficient (Wildman–Crippen LogP) is 3.56. The molecule has 100 valence electrons. The van der Waals surface area contributed by atoms with E-state index >= 15 is 0 Å². The second-order valence-electron chi connectivity index (χ2n) is 3.51. The van der Waals surface area contributed by atoms with Gasteiger partial charge in [0, 0.05) is 0 Å². The standard InChI is InChI=1S/C11H8F6O/c12-10(13,14)9(18,11(15,16)17)7-6-8-4-2-1-3-5-8/h1-7,18H/b7-6+. The third-order valence-corrected chi connectivity index (χ3v) is 2.18. The maximum Gasteiger partial charge on any atom is 0.430 e. The van der Waals surface area contributed by atoms with Crippen LogP contribution in [0.15, 0.2) is 36.4 Å². The van der Waals surface area contributed by atoms with Crippen molar-refractivity contribution in [3.8, 4) is 0 Å². The van der Waals surface area contributed by atoms with Crippen molar-refractivity contribution in [3.05, 3.63) is 42.0 Å². The van der Waals surface area contributed by atoms with Gasteiger partial charge in [0.1, 0.15) is 0 Å². The number of aliphatic hydroxyl groups is 1. The topological polar surface area (TPSA) is 20.2 Å². The van der Waals surface area contributed by atoms with Gasteiger partial charge < -0.3 is 5.11 Å². The third kappa shape index (κ3) is 2.84. The molecule has 0 atom stereocenters. The van der Waals surface area contributed by atoms with E-state index in [-0.39, 0.29) is 11.6 Å². The summed E-state index contributed by atoms with van der Waals surface area (Å²) in [6.07, 6.45) is -11.4. The minimum atomic E-state index is -5.84. The Morgan fingerprint density at radius 1 is 0.833 bits per heavy atom. The lowest BCUT2D eigenvalue weighted by Gasteiger charge is -2.29. The minimum absolute atomic E-state index is 0.115. The highest BCUT2D eigenvalue weighted by atomic mass is 19.4. The monoisotopic (exact) mass is 270 g/mol. The molecule has 1 N–H and O–H groups in total. The highest BCUT2D eigenvalue weighted by molar-refractivity contribution is 5.50. The van der Waals surface area contributed by atoms with Crippen molar-refractivity contribution >= 4 is 6.08 Å². The third-order valence-electron chi connectivity index (χ3n) is 2.18. The second-order valence-corrected chi connectivity index (χ2v) is 3.51. The molecule has 0 aliphatic rings. The van der Waals surface area contributed by atoms with E-state index in [4.69, 9.17) is 5.11 Å². The molecule has 7 heteroatoms. The van der Waals surface area contributed by atoms with Gasteiger partial charge >= 0.3 is 12.4 Å². The summed E-state index contributed by atoms with van der Waals surface area (Å²) >= 11 is 0. The normalized spacial score (nSPS) is 14.2. The molecule has 0 heterocycles. The molecule has 1 aromatic rings. The molecule has 0 aromatic heterocycles. The van der Waals surface area contributed by atoms with Gasteiger partial charge in [-0.25, -0.2) is 0 Å². The first-order valence-electron chi connectivity index (χ1n) is 4.68. The van der Waals surface area contributed by atoms with E-state index in [1.807, 2.05) is 0 Å². The van der Waals surface area contributed by atoms with Gasteiger partial charge in [-0.15, -0.1) is 0 Å². The number of rotatable bonds is 2. The van der Waals surface area contributed by atoms with Crippen molar-refractivity contribution in [1.29, 1.82) is 0 Å². The van der Waals surface area contributed by atoms with Gasteiger partial charge in [-0.2, -0.15) is 26.3 Å². The van der Waals surface area contributed by atoms with Crippen LogP contribution in [0.1, 0.15) is 5.56 Å². The summed E-state index contributed by atoms with van der Waals surface area (Å²) in [6.45, 7) is 0. The van der Waals surface area contributed by atoms with E-state index < -0.39 is 18.0 Å². The molecule has 0 fully saturated rings. The lowest BCUT2D eigenvalue weighted by molar-refractivity contribution is -0.347. The van der Waals surface area contributed by atoms with E-state index in [9.17, 15) is 26.3 Å². The Bertz CT molecular complexity index is 403. The summed E-state index contributed by atoms with van der Waals surface area (Å²) in [5.74, 6) is 0. The molecular formula is C11H8F6O. The van der Waals surface area contributed by atoms with Gasteiger partial charge in [0.05, 0.1) is 0 Å². The molecule has 0 saturated heterocycles. The zero-order chi connectivity index (χ0) is 14.0. The highest BCUT2D eigenvalue weighted by Gasteiger charge is 2.68. The van der Waals surface area contributed by atoms with Crippen molar-refractivity contribution in [2.45, 2.75) is 18.0 Å². The molecule has 1 aromatic carbocycles. The molecule has 0 unspecified atom stereocenters. The number of halogens is 6. The molecular weight excluding hydrogens is 262 g/mol. The molecule has 0 saturated carbocycles. The lowest BCUT2D eigenvalue weighted by atomic mass is 10.0. The van der Waals surface area contributed by atoms with Crippen LogP contribution < -0.4 is 0 Å². The zero-order valence-corrected chi connectivity index (χ0v) is 8.76. The summed E-state index contributed by atoms with van der Waals surface area (Å²) in [7, 11) is 0. The maximum atomic E-state index is 12.3. The Morgan fingerprint density at radius 3 is 1.67 bits per heavy atom. The first-order chi connectivity index (χ1) is 8.08. The molecule has 0 aliphatic heterocycles. The SMILES string of the molecule is OC(/C=C/c1ccccc1)(C(F)(F)F)C(F)(F)F. The number of hydrogen-bond acceptors (Lipinski definition) is 1. The van der Waals surface area contributed by atoms with Crippen LogP contribution in [-0.4, -0.2) is 23.1 Å². The minimum Gasteiger partial charge on any atom is -0.370 e.